The van der Waals surface area contributed by atoms with Gasteiger partial charge in [-0.2, -0.15) is 17.5 Å². The third kappa shape index (κ3) is 8.37. The molecular weight excluding hydrogens is 522 g/mol. The van der Waals surface area contributed by atoms with E-state index in [1.165, 1.54) is 19.3 Å². The molecule has 0 spiro atoms. The number of nitrogens with zero attached hydrogens (tertiary/aromatic N) is 3. The molecule has 172 valence electrons. The summed E-state index contributed by atoms with van der Waals surface area (Å²) in [6.07, 6.45) is 4.56. The van der Waals surface area contributed by atoms with E-state index in [-0.39, 0.29) is 43.0 Å². The molecule has 29 heavy (non-hydrogen) atoms. The number of sulfonamides is 1. The number of hydrogen-bond donors (Lipinski definition) is 2. The van der Waals surface area contributed by atoms with Gasteiger partial charge in [0.1, 0.15) is 0 Å². The first kappa shape index (κ1) is 26.7. The van der Waals surface area contributed by atoms with Crippen LogP contribution >= 0.6 is 24.0 Å². The summed E-state index contributed by atoms with van der Waals surface area (Å²) in [7, 11) is -5.22. The summed E-state index contributed by atoms with van der Waals surface area (Å²) in [6.45, 7) is 6.96. The zero-order valence-electron chi connectivity index (χ0n) is 16.9. The molecule has 0 amide bonds. The molecule has 2 saturated heterocycles. The lowest BCUT2D eigenvalue weighted by Crippen LogP contribution is -2.45. The van der Waals surface area contributed by atoms with Crippen LogP contribution in [-0.4, -0.2) is 81.4 Å². The zero-order valence-corrected chi connectivity index (χ0v) is 20.0. The second-order valence-corrected chi connectivity index (χ2v) is 9.27. The Morgan fingerprint density at radius 1 is 1.07 bits per heavy atom. The molecule has 0 aliphatic carbocycles. The molecule has 2 N–H and O–H groups in total. The van der Waals surface area contributed by atoms with Crippen LogP contribution in [0.4, 0.5) is 13.2 Å². The summed E-state index contributed by atoms with van der Waals surface area (Å²) in [4.78, 5) is 6.97. The lowest BCUT2D eigenvalue weighted by Gasteiger charge is -2.31. The van der Waals surface area contributed by atoms with Crippen molar-refractivity contribution in [2.24, 2.45) is 10.9 Å². The number of rotatable bonds is 7. The zero-order chi connectivity index (χ0) is 20.6. The fourth-order valence-electron chi connectivity index (χ4n) is 3.56. The van der Waals surface area contributed by atoms with Gasteiger partial charge in [0.2, 0.25) is 0 Å². The van der Waals surface area contributed by atoms with Gasteiger partial charge in [-0.25, -0.2) is 8.42 Å². The van der Waals surface area contributed by atoms with Gasteiger partial charge in [-0.15, -0.1) is 24.0 Å². The average molecular weight is 555 g/mol. The van der Waals surface area contributed by atoms with Gasteiger partial charge in [0, 0.05) is 39.3 Å². The van der Waals surface area contributed by atoms with E-state index < -0.39 is 15.5 Å². The van der Waals surface area contributed by atoms with E-state index in [2.05, 4.69) is 20.5 Å². The SMILES string of the molecule is CCNC(=NCC1CCN(S(=O)(=O)C(F)(F)F)CC1)NCCN1CCCCC1.I. The van der Waals surface area contributed by atoms with Crippen molar-refractivity contribution in [2.45, 2.75) is 44.5 Å². The molecule has 2 aliphatic heterocycles. The van der Waals surface area contributed by atoms with Crippen molar-refractivity contribution < 1.29 is 21.6 Å². The minimum Gasteiger partial charge on any atom is -0.357 e. The smallest absolute Gasteiger partial charge is 0.357 e. The van der Waals surface area contributed by atoms with Gasteiger partial charge in [0.05, 0.1) is 0 Å². The fourth-order valence-corrected chi connectivity index (χ4v) is 4.54. The van der Waals surface area contributed by atoms with Gasteiger partial charge in [-0.1, -0.05) is 6.42 Å². The second kappa shape index (κ2) is 12.5. The van der Waals surface area contributed by atoms with E-state index in [1.54, 1.807) is 0 Å². The highest BCUT2D eigenvalue weighted by molar-refractivity contribution is 14.0. The molecule has 0 aromatic carbocycles. The Morgan fingerprint density at radius 2 is 1.69 bits per heavy atom. The summed E-state index contributed by atoms with van der Waals surface area (Å²) >= 11 is 0. The predicted molar refractivity (Wildman–Crippen MR) is 119 cm³/mol. The third-order valence-electron chi connectivity index (χ3n) is 5.23. The number of halogens is 4. The fraction of sp³-hybridized carbons (Fsp3) is 0.941. The number of nitrogens with one attached hydrogen (secondary N) is 2. The lowest BCUT2D eigenvalue weighted by molar-refractivity contribution is -0.0496. The summed E-state index contributed by atoms with van der Waals surface area (Å²) in [5, 5.41) is 6.48. The Labute approximate surface area is 188 Å². The molecule has 2 rings (SSSR count). The van der Waals surface area contributed by atoms with Crippen LogP contribution < -0.4 is 10.6 Å². The topological polar surface area (TPSA) is 77.0 Å². The van der Waals surface area contributed by atoms with Gasteiger partial charge in [-0.3, -0.25) is 4.99 Å². The van der Waals surface area contributed by atoms with Crippen LogP contribution in [-0.2, 0) is 10.0 Å². The van der Waals surface area contributed by atoms with Crippen LogP contribution in [0.15, 0.2) is 4.99 Å². The minimum atomic E-state index is -5.23. The van der Waals surface area contributed by atoms with Crippen LogP contribution in [0.1, 0.15) is 39.0 Å². The Balaban J connectivity index is 0.00000420. The molecule has 2 fully saturated rings. The molecule has 2 aliphatic rings. The van der Waals surface area contributed by atoms with Crippen LogP contribution in [0.3, 0.4) is 0 Å². The lowest BCUT2D eigenvalue weighted by atomic mass is 9.98. The Bertz CT molecular complexity index is 605. The number of hydrogen-bond acceptors (Lipinski definition) is 4. The quantitative estimate of drug-likeness (QED) is 0.286. The largest absolute Gasteiger partial charge is 0.511 e. The summed E-state index contributed by atoms with van der Waals surface area (Å²) in [5.41, 5.74) is -5.23. The highest BCUT2D eigenvalue weighted by Crippen LogP contribution is 2.30. The van der Waals surface area contributed by atoms with E-state index in [4.69, 9.17) is 0 Å². The van der Waals surface area contributed by atoms with Crippen molar-refractivity contribution in [2.75, 3.05) is 52.4 Å². The molecular formula is C17H33F3IN5O2S. The van der Waals surface area contributed by atoms with Crippen molar-refractivity contribution in [3.8, 4) is 0 Å². The van der Waals surface area contributed by atoms with Crippen LogP contribution in [0, 0.1) is 5.92 Å². The van der Waals surface area contributed by atoms with Gasteiger partial charge in [0.25, 0.3) is 0 Å². The molecule has 0 saturated carbocycles. The highest BCUT2D eigenvalue weighted by atomic mass is 127. The maximum Gasteiger partial charge on any atom is 0.511 e. The molecule has 0 aromatic heterocycles. The van der Waals surface area contributed by atoms with E-state index in [1.807, 2.05) is 6.92 Å². The van der Waals surface area contributed by atoms with Crippen molar-refractivity contribution in [3.63, 3.8) is 0 Å². The van der Waals surface area contributed by atoms with Gasteiger partial charge in [0.15, 0.2) is 5.96 Å². The van der Waals surface area contributed by atoms with Crippen LogP contribution in [0.25, 0.3) is 0 Å². The molecule has 0 bridgehead atoms. The first-order valence-corrected chi connectivity index (χ1v) is 11.5. The number of alkyl halides is 3. The first-order chi connectivity index (χ1) is 13.2. The van der Waals surface area contributed by atoms with Crippen molar-refractivity contribution in [1.82, 2.24) is 19.8 Å². The average Bonchev–Trinajstić information content (AvgIpc) is 2.66. The number of piperidine rings is 2. The van der Waals surface area contributed by atoms with Crippen molar-refractivity contribution in [1.29, 1.82) is 0 Å². The molecule has 0 atom stereocenters. The molecule has 12 heteroatoms. The minimum absolute atomic E-state index is 0. The molecule has 7 nitrogen and oxygen atoms in total. The maximum atomic E-state index is 12.6. The number of aliphatic imine (C=N–C) groups is 1. The van der Waals surface area contributed by atoms with Crippen LogP contribution in [0.5, 0.6) is 0 Å². The summed E-state index contributed by atoms with van der Waals surface area (Å²) in [5.74, 6) is 0.780. The second-order valence-electron chi connectivity index (χ2n) is 7.34. The third-order valence-corrected chi connectivity index (χ3v) is 6.86. The Kier molecular flexibility index (Phi) is 11.5. The monoisotopic (exact) mass is 555 g/mol. The predicted octanol–water partition coefficient (Wildman–Crippen LogP) is 2.21. The first-order valence-electron chi connectivity index (χ1n) is 10.0. The molecule has 0 unspecified atom stereocenters. The van der Waals surface area contributed by atoms with E-state index >= 15 is 0 Å². The standard InChI is InChI=1S/C17H32F3N5O2S.HI/c1-2-21-16(22-8-13-24-9-4-3-5-10-24)23-14-15-6-11-25(12-7-15)28(26,27)17(18,19)20;/h15H,2-14H2,1H3,(H2,21,22,23);1H. The maximum absolute atomic E-state index is 12.6. The van der Waals surface area contributed by atoms with E-state index in [0.29, 0.717) is 29.7 Å². The molecule has 0 radical (unpaired) electrons. The summed E-state index contributed by atoms with van der Waals surface area (Å²) in [6, 6.07) is 0. The Hall–Kier alpha value is -0.340. The van der Waals surface area contributed by atoms with Gasteiger partial charge in [-0.05, 0) is 51.6 Å². The van der Waals surface area contributed by atoms with Gasteiger partial charge < -0.3 is 15.5 Å². The summed E-state index contributed by atoms with van der Waals surface area (Å²) < 4.78 is 61.4. The van der Waals surface area contributed by atoms with E-state index in [0.717, 1.165) is 32.7 Å². The van der Waals surface area contributed by atoms with Crippen molar-refractivity contribution >= 4 is 40.0 Å². The number of likely N-dealkylation sites (tertiary alicyclic amines) is 1. The molecule has 0 aromatic rings. The number of guanidine groups is 1. The molecule has 2 heterocycles. The normalized spacial score (nSPS) is 20.9. The van der Waals surface area contributed by atoms with E-state index in [9.17, 15) is 21.6 Å². The van der Waals surface area contributed by atoms with Crippen LogP contribution in [0.2, 0.25) is 0 Å². The van der Waals surface area contributed by atoms with Crippen molar-refractivity contribution in [3.05, 3.63) is 0 Å². The van der Waals surface area contributed by atoms with Gasteiger partial charge >= 0.3 is 15.5 Å². The Morgan fingerprint density at radius 3 is 2.24 bits per heavy atom. The highest BCUT2D eigenvalue weighted by Gasteiger charge is 2.50.